The van der Waals surface area contributed by atoms with Crippen molar-refractivity contribution in [2.45, 2.75) is 32.7 Å². The smallest absolute Gasteiger partial charge is 0.231 e. The molecule has 5 rings (SSSR count). The zero-order chi connectivity index (χ0) is 18.2. The van der Waals surface area contributed by atoms with Gasteiger partial charge in [-0.05, 0) is 49.9 Å². The number of fused-ring (bicyclic) bond motifs is 2. The van der Waals surface area contributed by atoms with Crippen LogP contribution in [0, 0.1) is 6.92 Å². The van der Waals surface area contributed by atoms with Crippen molar-refractivity contribution in [3.63, 3.8) is 0 Å². The maximum absolute atomic E-state index is 5.48. The molecule has 0 aliphatic carbocycles. The molecule has 141 valence electrons. The van der Waals surface area contributed by atoms with Gasteiger partial charge in [0.05, 0.1) is 5.39 Å². The average Bonchev–Trinajstić information content (AvgIpc) is 3.31. The molecule has 6 nitrogen and oxygen atoms in total. The summed E-state index contributed by atoms with van der Waals surface area (Å²) < 4.78 is 10.9. The normalized spacial score (nSPS) is 15.5. The van der Waals surface area contributed by atoms with Crippen LogP contribution >= 0.6 is 11.3 Å². The molecule has 4 heterocycles. The molecule has 0 atom stereocenters. The number of rotatable bonds is 4. The number of piperidine rings is 1. The summed E-state index contributed by atoms with van der Waals surface area (Å²) >= 11 is 1.73. The van der Waals surface area contributed by atoms with Crippen molar-refractivity contribution < 1.29 is 9.47 Å². The van der Waals surface area contributed by atoms with Gasteiger partial charge in [0.15, 0.2) is 11.5 Å². The van der Waals surface area contributed by atoms with Gasteiger partial charge in [0, 0.05) is 54.1 Å². The molecule has 2 aliphatic heterocycles. The number of nitrogens with one attached hydrogen (secondary N) is 1. The largest absolute Gasteiger partial charge is 0.454 e. The van der Waals surface area contributed by atoms with Crippen molar-refractivity contribution in [1.82, 2.24) is 9.97 Å². The van der Waals surface area contributed by atoms with Crippen LogP contribution in [0.25, 0.3) is 10.2 Å². The van der Waals surface area contributed by atoms with Crippen LogP contribution < -0.4 is 19.7 Å². The standard InChI is InChI=1S/C20H22N4O2S.Na/c1-13-9-15-18(21-11-14-5-6-16-17(10-14)26-12-25-16)22-20(23-19(15)27-13)24-7-3-2-4-8-24;/h5-6,9-10H,2-4,7-8,11-12H2,1H3,(H,21,22,23);. The van der Waals surface area contributed by atoms with E-state index < -0.39 is 0 Å². The van der Waals surface area contributed by atoms with Gasteiger partial charge in [0.1, 0.15) is 10.6 Å². The zero-order valence-electron chi connectivity index (χ0n) is 16.3. The average molecular weight is 405 g/mol. The molecule has 28 heavy (non-hydrogen) atoms. The van der Waals surface area contributed by atoms with Crippen LogP contribution in [0.3, 0.4) is 0 Å². The van der Waals surface area contributed by atoms with Gasteiger partial charge >= 0.3 is 0 Å². The number of anilines is 2. The van der Waals surface area contributed by atoms with Crippen molar-refractivity contribution >= 4 is 62.9 Å². The number of ether oxygens (including phenoxy) is 2. The second-order valence-corrected chi connectivity index (χ2v) is 8.27. The first-order chi connectivity index (χ1) is 13.3. The Hall–Kier alpha value is -1.54. The minimum Gasteiger partial charge on any atom is -0.454 e. The number of hydrogen-bond acceptors (Lipinski definition) is 7. The van der Waals surface area contributed by atoms with Gasteiger partial charge in [-0.25, -0.2) is 4.98 Å². The molecule has 1 radical (unpaired) electrons. The molecule has 0 amide bonds. The molecule has 1 N–H and O–H groups in total. The molecular formula is C20H22N4NaO2S. The molecule has 1 aromatic carbocycles. The van der Waals surface area contributed by atoms with Gasteiger partial charge in [-0.1, -0.05) is 6.07 Å². The summed E-state index contributed by atoms with van der Waals surface area (Å²) in [5, 5.41) is 4.62. The Labute approximate surface area is 190 Å². The van der Waals surface area contributed by atoms with E-state index in [2.05, 4.69) is 29.3 Å². The van der Waals surface area contributed by atoms with E-state index in [9.17, 15) is 0 Å². The Morgan fingerprint density at radius 1 is 1.07 bits per heavy atom. The van der Waals surface area contributed by atoms with Crippen LogP contribution in [0.1, 0.15) is 29.7 Å². The topological polar surface area (TPSA) is 59.5 Å². The summed E-state index contributed by atoms with van der Waals surface area (Å²) in [7, 11) is 0. The van der Waals surface area contributed by atoms with E-state index in [1.54, 1.807) is 11.3 Å². The van der Waals surface area contributed by atoms with Crippen LogP contribution in [-0.4, -0.2) is 59.4 Å². The van der Waals surface area contributed by atoms with Gasteiger partial charge in [0.2, 0.25) is 12.7 Å². The monoisotopic (exact) mass is 405 g/mol. The first-order valence-electron chi connectivity index (χ1n) is 9.42. The van der Waals surface area contributed by atoms with Crippen LogP contribution in [0.4, 0.5) is 11.8 Å². The summed E-state index contributed by atoms with van der Waals surface area (Å²) in [6.45, 7) is 5.17. The first kappa shape index (κ1) is 19.8. The summed E-state index contributed by atoms with van der Waals surface area (Å²) in [5.41, 5.74) is 1.14. The van der Waals surface area contributed by atoms with Gasteiger partial charge < -0.3 is 19.7 Å². The zero-order valence-corrected chi connectivity index (χ0v) is 19.1. The maximum Gasteiger partial charge on any atom is 0.231 e. The third kappa shape index (κ3) is 3.94. The maximum atomic E-state index is 5.48. The molecule has 1 fully saturated rings. The Kier molecular flexibility index (Phi) is 5.96. The molecule has 8 heteroatoms. The Morgan fingerprint density at radius 3 is 2.75 bits per heavy atom. The van der Waals surface area contributed by atoms with E-state index in [4.69, 9.17) is 19.4 Å². The fourth-order valence-electron chi connectivity index (χ4n) is 3.64. The minimum absolute atomic E-state index is 0. The Balaban J connectivity index is 0.00000192. The summed E-state index contributed by atoms with van der Waals surface area (Å²) in [4.78, 5) is 14.3. The van der Waals surface area contributed by atoms with E-state index in [1.165, 1.54) is 24.1 Å². The minimum atomic E-state index is 0. The molecule has 0 spiro atoms. The number of benzene rings is 1. The van der Waals surface area contributed by atoms with Crippen LogP contribution in [0.5, 0.6) is 11.5 Å². The second-order valence-electron chi connectivity index (χ2n) is 7.04. The number of thiophene rings is 1. The van der Waals surface area contributed by atoms with Crippen LogP contribution in [-0.2, 0) is 6.54 Å². The number of aromatic nitrogens is 2. The SMILES string of the molecule is Cc1cc2c(NCc3ccc4c(c3)OCO4)nc(N3CCCCC3)nc2s1.[Na]. The van der Waals surface area contributed by atoms with E-state index in [0.717, 1.165) is 52.1 Å². The van der Waals surface area contributed by atoms with E-state index in [0.29, 0.717) is 13.3 Å². The molecule has 3 aromatic rings. The van der Waals surface area contributed by atoms with Crippen molar-refractivity contribution in [3.05, 3.63) is 34.7 Å². The van der Waals surface area contributed by atoms with Gasteiger partial charge in [-0.3, -0.25) is 0 Å². The van der Waals surface area contributed by atoms with Crippen molar-refractivity contribution in [2.24, 2.45) is 0 Å². The van der Waals surface area contributed by atoms with Gasteiger partial charge in [-0.15, -0.1) is 11.3 Å². The molecule has 0 unspecified atom stereocenters. The molecule has 0 bridgehead atoms. The summed E-state index contributed by atoms with van der Waals surface area (Å²) in [6.07, 6.45) is 3.72. The third-order valence-electron chi connectivity index (χ3n) is 5.04. The Bertz CT molecular complexity index is 988. The molecule has 0 saturated carbocycles. The van der Waals surface area contributed by atoms with Crippen LogP contribution in [0.2, 0.25) is 0 Å². The van der Waals surface area contributed by atoms with Crippen molar-refractivity contribution in [1.29, 1.82) is 0 Å². The van der Waals surface area contributed by atoms with E-state index >= 15 is 0 Å². The fourth-order valence-corrected chi connectivity index (χ4v) is 4.51. The first-order valence-corrected chi connectivity index (χ1v) is 10.2. The predicted molar refractivity (Wildman–Crippen MR) is 114 cm³/mol. The van der Waals surface area contributed by atoms with Gasteiger partial charge in [-0.2, -0.15) is 4.98 Å². The Morgan fingerprint density at radius 2 is 1.89 bits per heavy atom. The van der Waals surface area contributed by atoms with E-state index in [-0.39, 0.29) is 29.6 Å². The third-order valence-corrected chi connectivity index (χ3v) is 5.98. The van der Waals surface area contributed by atoms with E-state index in [1.807, 2.05) is 12.1 Å². The molecule has 2 aromatic heterocycles. The number of nitrogens with zero attached hydrogens (tertiary/aromatic N) is 3. The second kappa shape index (κ2) is 8.45. The van der Waals surface area contributed by atoms with Crippen molar-refractivity contribution in [3.8, 4) is 11.5 Å². The summed E-state index contributed by atoms with van der Waals surface area (Å²) in [6, 6.07) is 8.21. The quantitative estimate of drug-likeness (QED) is 0.664. The van der Waals surface area contributed by atoms with Gasteiger partial charge in [0.25, 0.3) is 0 Å². The van der Waals surface area contributed by atoms with Crippen molar-refractivity contribution in [2.75, 3.05) is 30.1 Å². The number of hydrogen-bond donors (Lipinski definition) is 1. The predicted octanol–water partition coefficient (Wildman–Crippen LogP) is 3.95. The molecular weight excluding hydrogens is 383 g/mol. The fraction of sp³-hybridized carbons (Fsp3) is 0.400. The molecule has 1 saturated heterocycles. The molecule has 2 aliphatic rings. The summed E-state index contributed by atoms with van der Waals surface area (Å²) in [5.74, 6) is 3.37. The number of aryl methyl sites for hydroxylation is 1. The van der Waals surface area contributed by atoms with Crippen LogP contribution in [0.15, 0.2) is 24.3 Å².